The Labute approximate surface area is 113 Å². The van der Waals surface area contributed by atoms with Gasteiger partial charge in [0.15, 0.2) is 0 Å². The van der Waals surface area contributed by atoms with Crippen molar-refractivity contribution in [3.8, 4) is 0 Å². The molecule has 108 valence electrons. The first-order valence-electron chi connectivity index (χ1n) is 6.93. The molecule has 5 nitrogen and oxygen atoms in total. The zero-order valence-corrected chi connectivity index (χ0v) is 11.8. The summed E-state index contributed by atoms with van der Waals surface area (Å²) in [4.78, 5) is 23.1. The van der Waals surface area contributed by atoms with Gasteiger partial charge in [-0.3, -0.25) is 9.59 Å². The highest BCUT2D eigenvalue weighted by atomic mass is 16.5. The molecule has 5 heteroatoms. The average molecular weight is 269 g/mol. The maximum atomic E-state index is 12.1. The molecular formula is C14H23NO4. The molecule has 2 saturated carbocycles. The molecular weight excluding hydrogens is 246 g/mol. The Morgan fingerprint density at radius 2 is 2.00 bits per heavy atom. The second-order valence-electron chi connectivity index (χ2n) is 6.33. The highest BCUT2D eigenvalue weighted by Gasteiger charge is 2.65. The molecule has 0 saturated heterocycles. The molecule has 1 amide bonds. The van der Waals surface area contributed by atoms with Gasteiger partial charge in [0.2, 0.25) is 5.91 Å². The third kappa shape index (κ3) is 2.61. The van der Waals surface area contributed by atoms with E-state index in [4.69, 9.17) is 9.84 Å². The van der Waals surface area contributed by atoms with E-state index in [9.17, 15) is 9.59 Å². The molecule has 0 radical (unpaired) electrons. The normalized spacial score (nSPS) is 35.9. The van der Waals surface area contributed by atoms with Crippen LogP contribution < -0.4 is 5.32 Å². The number of carbonyl (C=O) groups is 2. The number of carboxylic acids is 1. The Kier molecular flexibility index (Phi) is 3.85. The summed E-state index contributed by atoms with van der Waals surface area (Å²) in [6.07, 6.45) is 3.47. The third-order valence-electron chi connectivity index (χ3n) is 4.81. The van der Waals surface area contributed by atoms with Crippen LogP contribution in [0.15, 0.2) is 0 Å². The second-order valence-corrected chi connectivity index (χ2v) is 6.33. The number of hydrogen-bond acceptors (Lipinski definition) is 3. The standard InChI is InChI=1S/C14H23NO4/c1-14(2)10(11(14)13(17)18)12(16)15-7-8-5-4-6-9(8)19-3/h8-11H,4-7H2,1-3H3,(H,15,16)(H,17,18)/t8?,9?,10-,11+/m0/s1. The van der Waals surface area contributed by atoms with E-state index in [2.05, 4.69) is 5.32 Å². The summed E-state index contributed by atoms with van der Waals surface area (Å²) in [6.45, 7) is 4.27. The highest BCUT2D eigenvalue weighted by Crippen LogP contribution is 2.58. The fourth-order valence-electron chi connectivity index (χ4n) is 3.48. The van der Waals surface area contributed by atoms with Gasteiger partial charge in [0.1, 0.15) is 0 Å². The van der Waals surface area contributed by atoms with E-state index in [1.165, 1.54) is 0 Å². The molecule has 0 aromatic heterocycles. The van der Waals surface area contributed by atoms with Gasteiger partial charge in [-0.2, -0.15) is 0 Å². The van der Waals surface area contributed by atoms with Gasteiger partial charge in [-0.15, -0.1) is 0 Å². The molecule has 0 aliphatic heterocycles. The Morgan fingerprint density at radius 3 is 2.53 bits per heavy atom. The second kappa shape index (κ2) is 5.12. The molecule has 0 spiro atoms. The average Bonchev–Trinajstić information content (AvgIpc) is 2.72. The molecule has 2 aliphatic rings. The Bertz CT molecular complexity index is 380. The Balaban J connectivity index is 1.84. The number of ether oxygens (including phenoxy) is 1. The van der Waals surface area contributed by atoms with Crippen LogP contribution in [0.2, 0.25) is 0 Å². The predicted molar refractivity (Wildman–Crippen MR) is 69.5 cm³/mol. The minimum atomic E-state index is -0.874. The van der Waals surface area contributed by atoms with Crippen molar-refractivity contribution in [1.82, 2.24) is 5.32 Å². The van der Waals surface area contributed by atoms with Gasteiger partial charge in [-0.05, 0) is 18.3 Å². The molecule has 0 heterocycles. The monoisotopic (exact) mass is 269 g/mol. The van der Waals surface area contributed by atoms with Crippen LogP contribution in [-0.2, 0) is 14.3 Å². The molecule has 0 bridgehead atoms. The van der Waals surface area contributed by atoms with Crippen molar-refractivity contribution in [2.24, 2.45) is 23.2 Å². The van der Waals surface area contributed by atoms with E-state index in [1.807, 2.05) is 13.8 Å². The first-order chi connectivity index (χ1) is 8.89. The van der Waals surface area contributed by atoms with E-state index in [-0.39, 0.29) is 12.0 Å². The van der Waals surface area contributed by atoms with Crippen LogP contribution >= 0.6 is 0 Å². The lowest BCUT2D eigenvalue weighted by molar-refractivity contribution is -0.140. The first-order valence-corrected chi connectivity index (χ1v) is 6.93. The zero-order valence-electron chi connectivity index (χ0n) is 11.8. The fraction of sp³-hybridized carbons (Fsp3) is 0.857. The van der Waals surface area contributed by atoms with Crippen molar-refractivity contribution in [2.75, 3.05) is 13.7 Å². The molecule has 2 rings (SSSR count). The van der Waals surface area contributed by atoms with Crippen molar-refractivity contribution < 1.29 is 19.4 Å². The lowest BCUT2D eigenvalue weighted by Gasteiger charge is -2.18. The SMILES string of the molecule is COC1CCCC1CNC(=O)[C@@H]1[C@H](C(=O)O)C1(C)C. The van der Waals surface area contributed by atoms with Gasteiger partial charge in [-0.25, -0.2) is 0 Å². The smallest absolute Gasteiger partial charge is 0.307 e. The molecule has 4 atom stereocenters. The lowest BCUT2D eigenvalue weighted by atomic mass is 10.1. The number of methoxy groups -OCH3 is 1. The van der Waals surface area contributed by atoms with Crippen LogP contribution in [-0.4, -0.2) is 36.7 Å². The summed E-state index contributed by atoms with van der Waals surface area (Å²) in [5.41, 5.74) is -0.424. The molecule has 19 heavy (non-hydrogen) atoms. The summed E-state index contributed by atoms with van der Waals surface area (Å²) < 4.78 is 5.39. The van der Waals surface area contributed by atoms with Crippen molar-refractivity contribution in [1.29, 1.82) is 0 Å². The van der Waals surface area contributed by atoms with Gasteiger partial charge in [0.25, 0.3) is 0 Å². The lowest BCUT2D eigenvalue weighted by Crippen LogP contribution is -2.35. The summed E-state index contributed by atoms with van der Waals surface area (Å²) >= 11 is 0. The van der Waals surface area contributed by atoms with E-state index < -0.39 is 23.2 Å². The minimum Gasteiger partial charge on any atom is -0.481 e. The molecule has 2 fully saturated rings. The van der Waals surface area contributed by atoms with Crippen LogP contribution in [0.1, 0.15) is 33.1 Å². The first kappa shape index (κ1) is 14.3. The van der Waals surface area contributed by atoms with Gasteiger partial charge in [-0.1, -0.05) is 20.3 Å². The van der Waals surface area contributed by atoms with Crippen LogP contribution in [0, 0.1) is 23.2 Å². The van der Waals surface area contributed by atoms with Crippen molar-refractivity contribution in [2.45, 2.75) is 39.2 Å². The molecule has 0 aromatic carbocycles. The van der Waals surface area contributed by atoms with Crippen LogP contribution in [0.5, 0.6) is 0 Å². The number of aliphatic carboxylic acids is 1. The quantitative estimate of drug-likeness (QED) is 0.788. The molecule has 2 N–H and O–H groups in total. The number of carboxylic acid groups (broad SMARTS) is 1. The topological polar surface area (TPSA) is 75.6 Å². The van der Waals surface area contributed by atoms with E-state index >= 15 is 0 Å². The highest BCUT2D eigenvalue weighted by molar-refractivity contribution is 5.91. The van der Waals surface area contributed by atoms with Crippen molar-refractivity contribution in [3.63, 3.8) is 0 Å². The van der Waals surface area contributed by atoms with Crippen LogP contribution in [0.25, 0.3) is 0 Å². The van der Waals surface area contributed by atoms with Crippen LogP contribution in [0.4, 0.5) is 0 Å². The number of rotatable bonds is 5. The van der Waals surface area contributed by atoms with E-state index in [0.29, 0.717) is 12.5 Å². The maximum Gasteiger partial charge on any atom is 0.307 e. The van der Waals surface area contributed by atoms with E-state index in [1.54, 1.807) is 7.11 Å². The molecule has 2 aliphatic carbocycles. The third-order valence-corrected chi connectivity index (χ3v) is 4.81. The van der Waals surface area contributed by atoms with Crippen molar-refractivity contribution >= 4 is 11.9 Å². The van der Waals surface area contributed by atoms with Gasteiger partial charge in [0.05, 0.1) is 17.9 Å². The number of hydrogen-bond donors (Lipinski definition) is 2. The van der Waals surface area contributed by atoms with Crippen LogP contribution in [0.3, 0.4) is 0 Å². The Hall–Kier alpha value is -1.10. The van der Waals surface area contributed by atoms with Gasteiger partial charge < -0.3 is 15.2 Å². The zero-order chi connectivity index (χ0) is 14.2. The summed E-state index contributed by atoms with van der Waals surface area (Å²) in [5.74, 6) is -1.58. The van der Waals surface area contributed by atoms with Crippen molar-refractivity contribution in [3.05, 3.63) is 0 Å². The summed E-state index contributed by atoms with van der Waals surface area (Å²) in [6, 6.07) is 0. The Morgan fingerprint density at radius 1 is 1.32 bits per heavy atom. The maximum absolute atomic E-state index is 12.1. The predicted octanol–water partition coefficient (Wildman–Crippen LogP) is 1.27. The number of amides is 1. The molecule has 0 aromatic rings. The summed E-state index contributed by atoms with van der Waals surface area (Å²) in [7, 11) is 1.70. The molecule has 2 unspecified atom stereocenters. The number of nitrogens with one attached hydrogen (secondary N) is 1. The minimum absolute atomic E-state index is 0.126. The fourth-order valence-corrected chi connectivity index (χ4v) is 3.48. The van der Waals surface area contributed by atoms with Gasteiger partial charge in [0, 0.05) is 19.6 Å². The number of carbonyl (C=O) groups excluding carboxylic acids is 1. The largest absolute Gasteiger partial charge is 0.481 e. The van der Waals surface area contributed by atoms with Gasteiger partial charge >= 0.3 is 5.97 Å². The summed E-state index contributed by atoms with van der Waals surface area (Å²) in [5, 5.41) is 12.0. The van der Waals surface area contributed by atoms with E-state index in [0.717, 1.165) is 19.3 Å².